The van der Waals surface area contributed by atoms with Gasteiger partial charge in [-0.2, -0.15) is 0 Å². The minimum absolute atomic E-state index is 0.0385. The molecule has 0 fully saturated rings. The SMILES string of the molecule is Cc1ccnc(NS(=O)(=O)c2ccc(NC(=O)C(C)OC(=O)c3ccc(N)cc3)cc2)n1. The van der Waals surface area contributed by atoms with E-state index in [0.717, 1.165) is 0 Å². The van der Waals surface area contributed by atoms with Crippen LogP contribution in [0.3, 0.4) is 0 Å². The van der Waals surface area contributed by atoms with E-state index in [-0.39, 0.29) is 16.4 Å². The van der Waals surface area contributed by atoms with Crippen LogP contribution in [0.15, 0.2) is 65.7 Å². The van der Waals surface area contributed by atoms with E-state index in [4.69, 9.17) is 10.5 Å². The lowest BCUT2D eigenvalue weighted by Crippen LogP contribution is -2.30. The van der Waals surface area contributed by atoms with Crippen LogP contribution in [0, 0.1) is 6.92 Å². The highest BCUT2D eigenvalue weighted by atomic mass is 32.2. The predicted octanol–water partition coefficient (Wildman–Crippen LogP) is 2.35. The van der Waals surface area contributed by atoms with Crippen molar-refractivity contribution >= 4 is 39.2 Å². The first-order chi connectivity index (χ1) is 15.1. The van der Waals surface area contributed by atoms with E-state index >= 15 is 0 Å². The monoisotopic (exact) mass is 455 g/mol. The van der Waals surface area contributed by atoms with E-state index < -0.39 is 28.0 Å². The van der Waals surface area contributed by atoms with Crippen LogP contribution in [0.4, 0.5) is 17.3 Å². The van der Waals surface area contributed by atoms with Crippen LogP contribution in [-0.4, -0.2) is 36.4 Å². The van der Waals surface area contributed by atoms with Gasteiger partial charge in [0, 0.05) is 23.3 Å². The molecule has 1 atom stereocenters. The normalized spacial score (nSPS) is 11.9. The average Bonchev–Trinajstić information content (AvgIpc) is 2.74. The van der Waals surface area contributed by atoms with Gasteiger partial charge in [0.25, 0.3) is 15.9 Å². The second-order valence-corrected chi connectivity index (χ2v) is 8.49. The van der Waals surface area contributed by atoms with Crippen LogP contribution in [0.5, 0.6) is 0 Å². The number of carbonyl (C=O) groups excluding carboxylic acids is 2. The number of benzene rings is 2. The molecule has 0 saturated heterocycles. The van der Waals surface area contributed by atoms with Crippen molar-refractivity contribution in [2.24, 2.45) is 0 Å². The van der Waals surface area contributed by atoms with Gasteiger partial charge in [-0.3, -0.25) is 4.79 Å². The molecule has 0 saturated carbocycles. The highest BCUT2D eigenvalue weighted by Gasteiger charge is 2.20. The van der Waals surface area contributed by atoms with Crippen molar-refractivity contribution in [2.45, 2.75) is 24.8 Å². The maximum atomic E-state index is 12.5. The van der Waals surface area contributed by atoms with Gasteiger partial charge in [0.15, 0.2) is 6.10 Å². The smallest absolute Gasteiger partial charge is 0.338 e. The number of nitrogen functional groups attached to an aromatic ring is 1. The number of hydrogen-bond acceptors (Lipinski definition) is 8. The largest absolute Gasteiger partial charge is 0.449 e. The summed E-state index contributed by atoms with van der Waals surface area (Å²) in [5.41, 5.74) is 7.28. The third-order valence-electron chi connectivity index (χ3n) is 4.25. The summed E-state index contributed by atoms with van der Waals surface area (Å²) >= 11 is 0. The summed E-state index contributed by atoms with van der Waals surface area (Å²) in [6, 6.07) is 13.2. The van der Waals surface area contributed by atoms with E-state index in [1.165, 1.54) is 49.5 Å². The molecule has 2 aromatic carbocycles. The number of ether oxygens (including phenoxy) is 1. The van der Waals surface area contributed by atoms with Crippen LogP contribution >= 0.6 is 0 Å². The summed E-state index contributed by atoms with van der Waals surface area (Å²) in [6.45, 7) is 3.14. The Bertz CT molecular complexity index is 1230. The summed E-state index contributed by atoms with van der Waals surface area (Å²) in [4.78, 5) is 32.3. The first-order valence-corrected chi connectivity index (χ1v) is 10.9. The van der Waals surface area contributed by atoms with Crippen LogP contribution < -0.4 is 15.8 Å². The number of amides is 1. The highest BCUT2D eigenvalue weighted by Crippen LogP contribution is 2.17. The minimum Gasteiger partial charge on any atom is -0.449 e. The number of nitrogens with zero attached hydrogens (tertiary/aromatic N) is 2. The molecule has 0 radical (unpaired) electrons. The molecule has 3 aromatic rings. The number of aromatic nitrogens is 2. The number of sulfonamides is 1. The van der Waals surface area contributed by atoms with E-state index in [9.17, 15) is 18.0 Å². The van der Waals surface area contributed by atoms with Gasteiger partial charge in [-0.05, 0) is 68.4 Å². The zero-order valence-electron chi connectivity index (χ0n) is 17.3. The molecule has 3 rings (SSSR count). The molecule has 11 heteroatoms. The third kappa shape index (κ3) is 5.79. The van der Waals surface area contributed by atoms with Crippen LogP contribution in [0.25, 0.3) is 0 Å². The molecular formula is C21H21N5O5S. The van der Waals surface area contributed by atoms with Gasteiger partial charge < -0.3 is 15.8 Å². The van der Waals surface area contributed by atoms with Crippen LogP contribution in [-0.2, 0) is 19.6 Å². The van der Waals surface area contributed by atoms with Gasteiger partial charge >= 0.3 is 5.97 Å². The van der Waals surface area contributed by atoms with Gasteiger partial charge in [-0.25, -0.2) is 27.9 Å². The Morgan fingerprint density at radius 1 is 1.03 bits per heavy atom. The van der Waals surface area contributed by atoms with E-state index in [2.05, 4.69) is 20.0 Å². The Labute approximate surface area is 184 Å². The average molecular weight is 455 g/mol. The zero-order valence-corrected chi connectivity index (χ0v) is 18.1. The number of hydrogen-bond donors (Lipinski definition) is 3. The molecule has 32 heavy (non-hydrogen) atoms. The topological polar surface area (TPSA) is 153 Å². The number of anilines is 3. The second-order valence-electron chi connectivity index (χ2n) is 6.81. The fourth-order valence-corrected chi connectivity index (χ4v) is 3.49. The summed E-state index contributed by atoms with van der Waals surface area (Å²) in [6.07, 6.45) is 0.364. The molecule has 1 amide bonds. The van der Waals surface area contributed by atoms with Crippen molar-refractivity contribution in [3.8, 4) is 0 Å². The summed E-state index contributed by atoms with van der Waals surface area (Å²) in [5.74, 6) is -1.28. The second kappa shape index (κ2) is 9.43. The number of aryl methyl sites for hydroxylation is 1. The summed E-state index contributed by atoms with van der Waals surface area (Å²) < 4.78 is 32.4. The summed E-state index contributed by atoms with van der Waals surface area (Å²) in [7, 11) is -3.91. The van der Waals surface area contributed by atoms with Gasteiger partial charge in [-0.15, -0.1) is 0 Å². The molecule has 1 aromatic heterocycles. The fourth-order valence-electron chi connectivity index (χ4n) is 2.54. The van der Waals surface area contributed by atoms with Crippen LogP contribution in [0.2, 0.25) is 0 Å². The Morgan fingerprint density at radius 2 is 1.69 bits per heavy atom. The van der Waals surface area contributed by atoms with Crippen molar-refractivity contribution in [2.75, 3.05) is 15.8 Å². The van der Waals surface area contributed by atoms with Crippen LogP contribution in [0.1, 0.15) is 23.0 Å². The quantitative estimate of drug-likeness (QED) is 0.362. The number of rotatable bonds is 7. The first kappa shape index (κ1) is 22.7. The van der Waals surface area contributed by atoms with Crippen molar-refractivity contribution < 1.29 is 22.7 Å². The number of esters is 1. The van der Waals surface area contributed by atoms with Gasteiger partial charge in [0.1, 0.15) is 0 Å². The Hall–Kier alpha value is -3.99. The van der Waals surface area contributed by atoms with E-state index in [0.29, 0.717) is 17.1 Å². The number of nitrogens with one attached hydrogen (secondary N) is 2. The van der Waals surface area contributed by atoms with Crippen molar-refractivity contribution in [3.63, 3.8) is 0 Å². The maximum absolute atomic E-state index is 12.5. The minimum atomic E-state index is -3.91. The van der Waals surface area contributed by atoms with Crippen molar-refractivity contribution in [1.29, 1.82) is 0 Å². The van der Waals surface area contributed by atoms with E-state index in [1.54, 1.807) is 25.1 Å². The molecule has 1 unspecified atom stereocenters. The molecule has 0 aliphatic rings. The molecular weight excluding hydrogens is 434 g/mol. The first-order valence-electron chi connectivity index (χ1n) is 9.44. The lowest BCUT2D eigenvalue weighted by Gasteiger charge is -2.14. The molecule has 0 spiro atoms. The maximum Gasteiger partial charge on any atom is 0.338 e. The third-order valence-corrected chi connectivity index (χ3v) is 5.60. The Kier molecular flexibility index (Phi) is 6.69. The van der Waals surface area contributed by atoms with Crippen molar-refractivity contribution in [3.05, 3.63) is 72.1 Å². The summed E-state index contributed by atoms with van der Waals surface area (Å²) in [5, 5.41) is 2.57. The van der Waals surface area contributed by atoms with Crippen molar-refractivity contribution in [1.82, 2.24) is 9.97 Å². The van der Waals surface area contributed by atoms with Gasteiger partial charge in [0.05, 0.1) is 10.5 Å². The van der Waals surface area contributed by atoms with Gasteiger partial charge in [0.2, 0.25) is 5.95 Å². The molecule has 10 nitrogen and oxygen atoms in total. The lowest BCUT2D eigenvalue weighted by atomic mass is 10.2. The predicted molar refractivity (Wildman–Crippen MR) is 118 cm³/mol. The van der Waals surface area contributed by atoms with Gasteiger partial charge in [-0.1, -0.05) is 0 Å². The standard InChI is InChI=1S/C21H21N5O5S/c1-13-11-12-23-21(24-13)26-32(29,30)18-9-7-17(8-10-18)25-19(27)14(2)31-20(28)15-3-5-16(22)6-4-15/h3-12,14H,22H2,1-2H3,(H,25,27)(H,23,24,26). The molecule has 0 aliphatic heterocycles. The number of nitrogens with two attached hydrogens (primary N) is 1. The molecule has 1 heterocycles. The number of carbonyl (C=O) groups is 2. The Balaban J connectivity index is 1.61. The fraction of sp³-hybridized carbons (Fsp3) is 0.143. The zero-order chi connectivity index (χ0) is 23.3. The van der Waals surface area contributed by atoms with E-state index in [1.807, 2.05) is 0 Å². The molecule has 4 N–H and O–H groups in total. The lowest BCUT2D eigenvalue weighted by molar-refractivity contribution is -0.123. The molecule has 166 valence electrons. The molecule has 0 bridgehead atoms. The highest BCUT2D eigenvalue weighted by molar-refractivity contribution is 7.92. The Morgan fingerprint density at radius 3 is 2.31 bits per heavy atom. The molecule has 0 aliphatic carbocycles.